The van der Waals surface area contributed by atoms with Crippen LogP contribution in [0, 0.1) is 34.5 Å². The van der Waals surface area contributed by atoms with Crippen molar-refractivity contribution >= 4 is 11.9 Å². The van der Waals surface area contributed by atoms with Gasteiger partial charge in [-0.25, -0.2) is 4.79 Å². The van der Waals surface area contributed by atoms with E-state index in [1.165, 1.54) is 6.92 Å². The molecule has 4 aliphatic carbocycles. The standard InChI is InChI=1S/C25H37NO5/c1-14(27)31-17-6-8-23(2)16(11-17)4-5-19-18(23)7-9-24(3)20(12-21(26)25(19,24)29)15-10-22(28)30-13-15/h10,16-21,29H,4-9,11-13,26H2,1-3H3/t16-,17+,18+,19-,20-,21-,23+,24-,25+/m1/s1. The summed E-state index contributed by atoms with van der Waals surface area (Å²) >= 11 is 0. The van der Waals surface area contributed by atoms with Crippen molar-refractivity contribution in [2.24, 2.45) is 40.2 Å². The molecule has 6 heteroatoms. The highest BCUT2D eigenvalue weighted by Gasteiger charge is 2.70. The highest BCUT2D eigenvalue weighted by atomic mass is 16.5. The van der Waals surface area contributed by atoms with Gasteiger partial charge in [-0.3, -0.25) is 4.79 Å². The second-order valence-corrected chi connectivity index (χ2v) is 11.5. The number of hydrogen-bond donors (Lipinski definition) is 2. The lowest BCUT2D eigenvalue weighted by Crippen LogP contribution is -2.67. The van der Waals surface area contributed by atoms with E-state index in [4.69, 9.17) is 15.2 Å². The molecule has 0 unspecified atom stereocenters. The van der Waals surface area contributed by atoms with Gasteiger partial charge in [-0.15, -0.1) is 0 Å². The lowest BCUT2D eigenvalue weighted by molar-refractivity contribution is -0.214. The van der Waals surface area contributed by atoms with Crippen molar-refractivity contribution in [1.29, 1.82) is 0 Å². The summed E-state index contributed by atoms with van der Waals surface area (Å²) in [5, 5.41) is 12.4. The van der Waals surface area contributed by atoms with Crippen LogP contribution in [0.3, 0.4) is 0 Å². The average Bonchev–Trinajstić information content (AvgIpc) is 3.22. The summed E-state index contributed by atoms with van der Waals surface area (Å²) in [4.78, 5) is 23.2. The summed E-state index contributed by atoms with van der Waals surface area (Å²) in [5.74, 6) is 0.784. The average molecular weight is 432 g/mol. The quantitative estimate of drug-likeness (QED) is 0.652. The van der Waals surface area contributed by atoms with E-state index in [-0.39, 0.29) is 46.8 Å². The minimum atomic E-state index is -0.923. The zero-order valence-corrected chi connectivity index (χ0v) is 19.1. The summed E-state index contributed by atoms with van der Waals surface area (Å²) in [5.41, 5.74) is 6.65. The van der Waals surface area contributed by atoms with Gasteiger partial charge in [-0.05, 0) is 86.0 Å². The van der Waals surface area contributed by atoms with E-state index in [1.807, 2.05) is 0 Å². The molecule has 1 aliphatic heterocycles. The number of aliphatic hydroxyl groups is 1. The predicted octanol–water partition coefficient (Wildman–Crippen LogP) is 3.11. The molecule has 31 heavy (non-hydrogen) atoms. The van der Waals surface area contributed by atoms with Gasteiger partial charge in [0.25, 0.3) is 0 Å². The summed E-state index contributed by atoms with van der Waals surface area (Å²) in [6.45, 7) is 6.46. The maximum absolute atomic E-state index is 12.4. The molecule has 1 heterocycles. The zero-order chi connectivity index (χ0) is 22.2. The Bertz CT molecular complexity index is 825. The van der Waals surface area contributed by atoms with Gasteiger partial charge in [0.05, 0.1) is 5.60 Å². The van der Waals surface area contributed by atoms with Crippen LogP contribution < -0.4 is 5.73 Å². The number of ether oxygens (including phenoxy) is 2. The number of fused-ring (bicyclic) bond motifs is 5. The van der Waals surface area contributed by atoms with Crippen molar-refractivity contribution in [1.82, 2.24) is 0 Å². The third-order valence-electron chi connectivity index (χ3n) is 10.4. The first-order valence-electron chi connectivity index (χ1n) is 12.1. The van der Waals surface area contributed by atoms with Crippen molar-refractivity contribution in [3.63, 3.8) is 0 Å². The fourth-order valence-corrected chi connectivity index (χ4v) is 8.83. The van der Waals surface area contributed by atoms with Gasteiger partial charge >= 0.3 is 11.9 Å². The molecule has 3 N–H and O–H groups in total. The monoisotopic (exact) mass is 431 g/mol. The Kier molecular flexibility index (Phi) is 4.88. The maximum atomic E-state index is 12.4. The highest BCUT2D eigenvalue weighted by molar-refractivity contribution is 5.85. The van der Waals surface area contributed by atoms with Crippen LogP contribution in [0.25, 0.3) is 0 Å². The minimum Gasteiger partial charge on any atom is -0.463 e. The van der Waals surface area contributed by atoms with Crippen molar-refractivity contribution in [2.75, 3.05) is 6.61 Å². The Hall–Kier alpha value is -1.40. The largest absolute Gasteiger partial charge is 0.463 e. The fourth-order valence-electron chi connectivity index (χ4n) is 8.83. The van der Waals surface area contributed by atoms with Gasteiger partial charge < -0.3 is 20.3 Å². The Balaban J connectivity index is 1.43. The first-order valence-corrected chi connectivity index (χ1v) is 12.1. The molecule has 0 amide bonds. The number of cyclic esters (lactones) is 1. The van der Waals surface area contributed by atoms with Gasteiger partial charge in [0.1, 0.15) is 12.7 Å². The van der Waals surface area contributed by atoms with Gasteiger partial charge in [-0.1, -0.05) is 13.8 Å². The molecule has 0 aromatic rings. The minimum absolute atomic E-state index is 0.0361. The van der Waals surface area contributed by atoms with E-state index in [1.54, 1.807) is 6.08 Å². The second-order valence-electron chi connectivity index (χ2n) is 11.5. The molecule has 5 rings (SSSR count). The highest BCUT2D eigenvalue weighted by Crippen LogP contribution is 2.69. The SMILES string of the molecule is CC(=O)O[C@H]1CC[C@@]2(C)[C@H](CC[C@@H]3[C@@H]2CC[C@]2(C)[C@@H](C4=CC(=O)OC4)C[C@@H](N)[C@@]32O)C1. The Morgan fingerprint density at radius 3 is 2.61 bits per heavy atom. The van der Waals surface area contributed by atoms with Gasteiger partial charge in [0.2, 0.25) is 0 Å². The molecule has 9 atom stereocenters. The third kappa shape index (κ3) is 2.90. The molecule has 0 radical (unpaired) electrons. The number of esters is 2. The first kappa shape index (κ1) is 21.4. The van der Waals surface area contributed by atoms with E-state index in [2.05, 4.69) is 13.8 Å². The van der Waals surface area contributed by atoms with Crippen LogP contribution in [0.2, 0.25) is 0 Å². The van der Waals surface area contributed by atoms with E-state index in [0.717, 1.165) is 50.5 Å². The van der Waals surface area contributed by atoms with E-state index >= 15 is 0 Å². The van der Waals surface area contributed by atoms with Crippen LogP contribution in [0.5, 0.6) is 0 Å². The molecule has 0 spiro atoms. The molecule has 0 aromatic heterocycles. The Morgan fingerprint density at radius 2 is 1.94 bits per heavy atom. The lowest BCUT2D eigenvalue weighted by atomic mass is 9.43. The molecule has 5 aliphatic rings. The van der Waals surface area contributed by atoms with Crippen LogP contribution in [0.15, 0.2) is 11.6 Å². The summed E-state index contributed by atoms with van der Waals surface area (Å²) in [7, 11) is 0. The first-order chi connectivity index (χ1) is 14.6. The summed E-state index contributed by atoms with van der Waals surface area (Å²) < 4.78 is 10.8. The molecule has 0 aromatic carbocycles. The van der Waals surface area contributed by atoms with Crippen LogP contribution >= 0.6 is 0 Å². The molecule has 172 valence electrons. The molecule has 4 fully saturated rings. The zero-order valence-electron chi connectivity index (χ0n) is 19.1. The van der Waals surface area contributed by atoms with Gasteiger partial charge in [0, 0.05) is 24.5 Å². The molecule has 4 saturated carbocycles. The van der Waals surface area contributed by atoms with Crippen molar-refractivity contribution in [2.45, 2.75) is 89.9 Å². The fraction of sp³-hybridized carbons (Fsp3) is 0.840. The number of rotatable bonds is 2. The topological polar surface area (TPSA) is 98.9 Å². The Morgan fingerprint density at radius 1 is 1.16 bits per heavy atom. The van der Waals surface area contributed by atoms with Crippen LogP contribution in [0.4, 0.5) is 0 Å². The van der Waals surface area contributed by atoms with Crippen molar-refractivity contribution in [3.05, 3.63) is 11.6 Å². The smallest absolute Gasteiger partial charge is 0.331 e. The third-order valence-corrected chi connectivity index (χ3v) is 10.4. The predicted molar refractivity (Wildman–Crippen MR) is 115 cm³/mol. The van der Waals surface area contributed by atoms with Crippen molar-refractivity contribution < 1.29 is 24.2 Å². The van der Waals surface area contributed by atoms with E-state index in [9.17, 15) is 14.7 Å². The summed E-state index contributed by atoms with van der Waals surface area (Å²) in [6, 6.07) is -0.288. The molecule has 0 saturated heterocycles. The lowest BCUT2D eigenvalue weighted by Gasteiger charge is -2.64. The van der Waals surface area contributed by atoms with Crippen LogP contribution in [0.1, 0.15) is 72.1 Å². The van der Waals surface area contributed by atoms with Gasteiger partial charge in [0.15, 0.2) is 0 Å². The van der Waals surface area contributed by atoms with E-state index in [0.29, 0.717) is 24.9 Å². The molecule has 0 bridgehead atoms. The number of nitrogens with two attached hydrogens (primary N) is 1. The molecular formula is C25H37NO5. The summed E-state index contributed by atoms with van der Waals surface area (Å²) in [6.07, 6.45) is 9.30. The number of hydrogen-bond acceptors (Lipinski definition) is 6. The van der Waals surface area contributed by atoms with Crippen molar-refractivity contribution in [3.8, 4) is 0 Å². The van der Waals surface area contributed by atoms with Gasteiger partial charge in [-0.2, -0.15) is 0 Å². The normalized spacial score (nSPS) is 51.3. The van der Waals surface area contributed by atoms with E-state index < -0.39 is 5.60 Å². The molecule has 6 nitrogen and oxygen atoms in total. The molecular weight excluding hydrogens is 394 g/mol. The maximum Gasteiger partial charge on any atom is 0.331 e. The number of carbonyl (C=O) groups excluding carboxylic acids is 2. The van der Waals surface area contributed by atoms with Crippen LogP contribution in [-0.4, -0.2) is 41.4 Å². The Labute approximate surface area is 184 Å². The second kappa shape index (κ2) is 7.05. The number of carbonyl (C=O) groups is 2. The van der Waals surface area contributed by atoms with Crippen LogP contribution in [-0.2, 0) is 19.1 Å².